The lowest BCUT2D eigenvalue weighted by molar-refractivity contribution is -0.386. The maximum absolute atomic E-state index is 13.4. The topological polar surface area (TPSA) is 109 Å². The minimum atomic E-state index is -0.534. The van der Waals surface area contributed by atoms with Gasteiger partial charge in [0.05, 0.1) is 29.2 Å². The molecule has 4 rings (SSSR count). The molecule has 0 unspecified atom stereocenters. The van der Waals surface area contributed by atoms with E-state index in [1.54, 1.807) is 18.2 Å². The Hall–Kier alpha value is -4.05. The molecule has 9 nitrogen and oxygen atoms in total. The van der Waals surface area contributed by atoms with Gasteiger partial charge in [-0.05, 0) is 36.8 Å². The lowest BCUT2D eigenvalue weighted by Crippen LogP contribution is -2.29. The van der Waals surface area contributed by atoms with Crippen molar-refractivity contribution >= 4 is 38.7 Å². The zero-order chi connectivity index (χ0) is 27.6. The summed E-state index contributed by atoms with van der Waals surface area (Å²) in [7, 11) is 1.41. The third-order valence-electron chi connectivity index (χ3n) is 5.74. The summed E-state index contributed by atoms with van der Waals surface area (Å²) in [6.07, 6.45) is 1.38. The van der Waals surface area contributed by atoms with E-state index in [0.717, 1.165) is 15.6 Å². The average Bonchev–Trinajstić information content (AvgIpc) is 2.86. The zero-order valence-electron chi connectivity index (χ0n) is 21.7. The van der Waals surface area contributed by atoms with Crippen LogP contribution in [0.5, 0.6) is 11.5 Å². The van der Waals surface area contributed by atoms with Crippen LogP contribution in [-0.2, 0) is 12.0 Å². The molecule has 10 heteroatoms. The molecule has 0 aliphatic heterocycles. The summed E-state index contributed by atoms with van der Waals surface area (Å²) < 4.78 is 13.2. The molecule has 3 aromatic carbocycles. The summed E-state index contributed by atoms with van der Waals surface area (Å²) >= 11 is 3.40. The van der Waals surface area contributed by atoms with Gasteiger partial charge in [0.1, 0.15) is 12.4 Å². The number of nitro groups is 1. The molecular weight excluding hydrogens is 552 g/mol. The van der Waals surface area contributed by atoms with E-state index in [1.165, 1.54) is 24.1 Å². The Kier molecular flexibility index (Phi) is 7.63. The standard InChI is InChI=1S/C28H27BrN4O5/c1-17-7-6-8-18(11-17)16-38-25-23(33(35)36)12-19(13-24(25)37-5)15-30-32-26(34)21-14-20(29)9-10-22(21)31-27(32)28(2,3)4/h6-15H,16H2,1-5H3. The molecular formula is C28H27BrN4O5. The Balaban J connectivity index is 1.78. The normalized spacial score (nSPS) is 11.7. The van der Waals surface area contributed by atoms with Crippen molar-refractivity contribution in [3.63, 3.8) is 0 Å². The van der Waals surface area contributed by atoms with Crippen LogP contribution in [0.4, 0.5) is 5.69 Å². The second kappa shape index (κ2) is 10.7. The van der Waals surface area contributed by atoms with Gasteiger partial charge in [-0.3, -0.25) is 14.9 Å². The molecule has 0 fully saturated rings. The molecule has 4 aromatic rings. The van der Waals surface area contributed by atoms with Crippen molar-refractivity contribution in [3.05, 3.63) is 102 Å². The van der Waals surface area contributed by atoms with Crippen LogP contribution >= 0.6 is 15.9 Å². The Morgan fingerprint density at radius 2 is 1.92 bits per heavy atom. The second-order valence-electron chi connectivity index (χ2n) is 9.81. The maximum Gasteiger partial charge on any atom is 0.315 e. The fraction of sp³-hybridized carbons (Fsp3) is 0.250. The van der Waals surface area contributed by atoms with Gasteiger partial charge < -0.3 is 9.47 Å². The summed E-state index contributed by atoms with van der Waals surface area (Å²) in [5, 5.41) is 16.8. The van der Waals surface area contributed by atoms with Gasteiger partial charge in [0.2, 0.25) is 5.75 Å². The van der Waals surface area contributed by atoms with Gasteiger partial charge in [0.25, 0.3) is 5.56 Å². The van der Waals surface area contributed by atoms with Crippen LogP contribution in [0.25, 0.3) is 10.9 Å². The number of methoxy groups -OCH3 is 1. The first-order valence-electron chi connectivity index (χ1n) is 11.8. The monoisotopic (exact) mass is 578 g/mol. The summed E-state index contributed by atoms with van der Waals surface area (Å²) in [4.78, 5) is 29.5. The number of rotatable bonds is 7. The largest absolute Gasteiger partial charge is 0.493 e. The molecule has 0 aliphatic rings. The van der Waals surface area contributed by atoms with Crippen molar-refractivity contribution in [2.24, 2.45) is 5.10 Å². The lowest BCUT2D eigenvalue weighted by Gasteiger charge is -2.20. The van der Waals surface area contributed by atoms with Crippen LogP contribution in [0.3, 0.4) is 0 Å². The van der Waals surface area contributed by atoms with E-state index in [-0.39, 0.29) is 29.4 Å². The number of nitrogens with zero attached hydrogens (tertiary/aromatic N) is 4. The SMILES string of the molecule is COc1cc(C=Nn2c(C(C)(C)C)nc3ccc(Br)cc3c2=O)cc([N+](=O)[O-])c1OCc1cccc(C)c1. The Labute approximate surface area is 228 Å². The van der Waals surface area contributed by atoms with Gasteiger partial charge in [0.15, 0.2) is 5.75 Å². The van der Waals surface area contributed by atoms with E-state index in [9.17, 15) is 14.9 Å². The summed E-state index contributed by atoms with van der Waals surface area (Å²) in [5.41, 5.74) is 1.71. The molecule has 0 saturated heterocycles. The molecule has 0 aliphatic carbocycles. The highest BCUT2D eigenvalue weighted by Gasteiger charge is 2.24. The van der Waals surface area contributed by atoms with Gasteiger partial charge in [-0.25, -0.2) is 4.98 Å². The quantitative estimate of drug-likeness (QED) is 0.148. The number of aryl methyl sites for hydroxylation is 1. The van der Waals surface area contributed by atoms with E-state index in [0.29, 0.717) is 22.3 Å². The summed E-state index contributed by atoms with van der Waals surface area (Å²) in [6, 6.07) is 15.9. The highest BCUT2D eigenvalue weighted by atomic mass is 79.9. The van der Waals surface area contributed by atoms with Gasteiger partial charge in [0, 0.05) is 21.5 Å². The molecule has 0 atom stereocenters. The molecule has 196 valence electrons. The number of aromatic nitrogens is 2. The van der Waals surface area contributed by atoms with Crippen molar-refractivity contribution in [1.82, 2.24) is 9.66 Å². The third-order valence-corrected chi connectivity index (χ3v) is 6.23. The van der Waals surface area contributed by atoms with Crippen LogP contribution in [0.15, 0.2) is 69.0 Å². The Morgan fingerprint density at radius 3 is 2.58 bits per heavy atom. The van der Waals surface area contributed by atoms with Gasteiger partial charge in [-0.15, -0.1) is 0 Å². The van der Waals surface area contributed by atoms with Crippen LogP contribution in [0.1, 0.15) is 43.3 Å². The molecule has 0 N–H and O–H groups in total. The van der Waals surface area contributed by atoms with Crippen molar-refractivity contribution < 1.29 is 14.4 Å². The van der Waals surface area contributed by atoms with E-state index < -0.39 is 10.3 Å². The molecule has 0 bridgehead atoms. The highest BCUT2D eigenvalue weighted by Crippen LogP contribution is 2.38. The van der Waals surface area contributed by atoms with Crippen LogP contribution in [0, 0.1) is 17.0 Å². The first-order chi connectivity index (χ1) is 18.0. The Morgan fingerprint density at radius 1 is 1.16 bits per heavy atom. The third kappa shape index (κ3) is 5.75. The Bertz CT molecular complexity index is 1620. The number of ether oxygens (including phenoxy) is 2. The molecule has 38 heavy (non-hydrogen) atoms. The van der Waals surface area contributed by atoms with E-state index in [1.807, 2.05) is 58.0 Å². The van der Waals surface area contributed by atoms with Crippen molar-refractivity contribution in [2.75, 3.05) is 7.11 Å². The predicted molar refractivity (Wildman–Crippen MR) is 151 cm³/mol. The first kappa shape index (κ1) is 27.0. The number of fused-ring (bicyclic) bond motifs is 1. The van der Waals surface area contributed by atoms with Gasteiger partial charge in [-0.2, -0.15) is 9.78 Å². The van der Waals surface area contributed by atoms with Crippen molar-refractivity contribution in [3.8, 4) is 11.5 Å². The number of nitro benzene ring substituents is 1. The molecule has 0 saturated carbocycles. The van der Waals surface area contributed by atoms with Gasteiger partial charge in [-0.1, -0.05) is 66.5 Å². The van der Waals surface area contributed by atoms with Crippen LogP contribution in [-0.4, -0.2) is 27.9 Å². The molecule has 1 aromatic heterocycles. The molecule has 0 spiro atoms. The lowest BCUT2D eigenvalue weighted by atomic mass is 9.95. The predicted octanol–water partition coefficient (Wildman–Crippen LogP) is 6.14. The number of benzene rings is 3. The number of halogens is 1. The van der Waals surface area contributed by atoms with E-state index >= 15 is 0 Å². The van der Waals surface area contributed by atoms with Crippen molar-refractivity contribution in [1.29, 1.82) is 0 Å². The smallest absolute Gasteiger partial charge is 0.315 e. The zero-order valence-corrected chi connectivity index (χ0v) is 23.3. The summed E-state index contributed by atoms with van der Waals surface area (Å²) in [5.74, 6) is 0.645. The van der Waals surface area contributed by atoms with Gasteiger partial charge >= 0.3 is 5.69 Å². The number of hydrogen-bond donors (Lipinski definition) is 0. The minimum Gasteiger partial charge on any atom is -0.493 e. The van der Waals surface area contributed by atoms with Crippen molar-refractivity contribution in [2.45, 2.75) is 39.7 Å². The van der Waals surface area contributed by atoms with Crippen LogP contribution < -0.4 is 15.0 Å². The van der Waals surface area contributed by atoms with E-state index in [4.69, 9.17) is 9.47 Å². The fourth-order valence-electron chi connectivity index (χ4n) is 3.94. The summed E-state index contributed by atoms with van der Waals surface area (Å²) in [6.45, 7) is 7.88. The minimum absolute atomic E-state index is 0.0147. The average molecular weight is 579 g/mol. The number of hydrogen-bond acceptors (Lipinski definition) is 7. The highest BCUT2D eigenvalue weighted by molar-refractivity contribution is 9.10. The maximum atomic E-state index is 13.4. The second-order valence-corrected chi connectivity index (χ2v) is 10.7. The molecule has 1 heterocycles. The van der Waals surface area contributed by atoms with Crippen LogP contribution in [0.2, 0.25) is 0 Å². The first-order valence-corrected chi connectivity index (χ1v) is 12.6. The van der Waals surface area contributed by atoms with E-state index in [2.05, 4.69) is 26.0 Å². The molecule has 0 radical (unpaired) electrons. The fourth-order valence-corrected chi connectivity index (χ4v) is 4.30. The molecule has 0 amide bonds.